The number of nitrogens with one attached hydrogen (secondary N) is 1. The molecule has 108 valence electrons. The van der Waals surface area contributed by atoms with Crippen molar-refractivity contribution >= 4 is 15.9 Å². The Morgan fingerprint density at radius 2 is 2.05 bits per heavy atom. The van der Waals surface area contributed by atoms with Crippen LogP contribution in [0.2, 0.25) is 0 Å². The summed E-state index contributed by atoms with van der Waals surface area (Å²) in [4.78, 5) is 0. The molecule has 1 fully saturated rings. The van der Waals surface area contributed by atoms with Crippen LogP contribution >= 0.6 is 15.9 Å². The van der Waals surface area contributed by atoms with E-state index in [-0.39, 0.29) is 0 Å². The first kappa shape index (κ1) is 15.0. The van der Waals surface area contributed by atoms with Gasteiger partial charge < -0.3 is 5.32 Å². The van der Waals surface area contributed by atoms with E-state index in [4.69, 9.17) is 0 Å². The van der Waals surface area contributed by atoms with Crippen LogP contribution < -0.4 is 5.32 Å². The fourth-order valence-corrected chi connectivity index (χ4v) is 3.79. The Balaban J connectivity index is 2.00. The van der Waals surface area contributed by atoms with Crippen LogP contribution in [0.3, 0.4) is 0 Å². The van der Waals surface area contributed by atoms with Crippen molar-refractivity contribution in [1.82, 2.24) is 15.1 Å². The quantitative estimate of drug-likeness (QED) is 0.911. The molecule has 0 spiro atoms. The van der Waals surface area contributed by atoms with Crippen LogP contribution in [0.1, 0.15) is 50.9 Å². The third-order valence-corrected chi connectivity index (χ3v) is 5.50. The van der Waals surface area contributed by atoms with E-state index in [0.717, 1.165) is 28.5 Å². The predicted molar refractivity (Wildman–Crippen MR) is 83.1 cm³/mol. The van der Waals surface area contributed by atoms with Crippen molar-refractivity contribution in [2.45, 2.75) is 59.0 Å². The third-order valence-electron chi connectivity index (χ3n) is 4.47. The van der Waals surface area contributed by atoms with Gasteiger partial charge in [-0.25, -0.2) is 0 Å². The van der Waals surface area contributed by atoms with Crippen LogP contribution in [0.4, 0.5) is 0 Å². The van der Waals surface area contributed by atoms with Gasteiger partial charge in [-0.2, -0.15) is 5.10 Å². The van der Waals surface area contributed by atoms with Gasteiger partial charge in [0.05, 0.1) is 15.9 Å². The summed E-state index contributed by atoms with van der Waals surface area (Å²) < 4.78 is 3.14. The van der Waals surface area contributed by atoms with Gasteiger partial charge in [0.25, 0.3) is 0 Å². The highest BCUT2D eigenvalue weighted by atomic mass is 79.9. The predicted octanol–water partition coefficient (Wildman–Crippen LogP) is 3.80. The van der Waals surface area contributed by atoms with Crippen molar-refractivity contribution in [3.8, 4) is 0 Å². The van der Waals surface area contributed by atoms with Crippen molar-refractivity contribution in [2.24, 2.45) is 18.9 Å². The topological polar surface area (TPSA) is 29.9 Å². The van der Waals surface area contributed by atoms with Crippen LogP contribution in [-0.2, 0) is 13.6 Å². The fourth-order valence-electron chi connectivity index (χ4n) is 3.31. The highest BCUT2D eigenvalue weighted by molar-refractivity contribution is 9.10. The van der Waals surface area contributed by atoms with Gasteiger partial charge in [0.1, 0.15) is 0 Å². The van der Waals surface area contributed by atoms with Crippen molar-refractivity contribution < 1.29 is 0 Å². The Morgan fingerprint density at radius 3 is 2.63 bits per heavy atom. The number of aryl methyl sites for hydroxylation is 2. The lowest BCUT2D eigenvalue weighted by Crippen LogP contribution is -2.40. The lowest BCUT2D eigenvalue weighted by atomic mass is 9.78. The minimum atomic E-state index is 0.663. The summed E-state index contributed by atoms with van der Waals surface area (Å²) in [5.41, 5.74) is 2.33. The van der Waals surface area contributed by atoms with Crippen LogP contribution in [0.25, 0.3) is 0 Å². The first-order valence-corrected chi connectivity index (χ1v) is 8.21. The second kappa shape index (κ2) is 6.40. The molecule has 1 aromatic rings. The lowest BCUT2D eigenvalue weighted by Gasteiger charge is -2.35. The van der Waals surface area contributed by atoms with Crippen molar-refractivity contribution in [1.29, 1.82) is 0 Å². The molecule has 1 heterocycles. The second-order valence-electron chi connectivity index (χ2n) is 6.15. The maximum absolute atomic E-state index is 4.46. The molecule has 0 amide bonds. The van der Waals surface area contributed by atoms with E-state index < -0.39 is 0 Å². The average molecular weight is 328 g/mol. The first-order valence-electron chi connectivity index (χ1n) is 7.42. The van der Waals surface area contributed by atoms with Crippen LogP contribution in [-0.4, -0.2) is 15.8 Å². The molecule has 1 saturated carbocycles. The number of hydrogen-bond acceptors (Lipinski definition) is 2. The largest absolute Gasteiger partial charge is 0.308 e. The minimum Gasteiger partial charge on any atom is -0.308 e. The van der Waals surface area contributed by atoms with Crippen LogP contribution in [0, 0.1) is 18.8 Å². The summed E-state index contributed by atoms with van der Waals surface area (Å²) in [6.07, 6.45) is 5.46. The molecule has 3 nitrogen and oxygen atoms in total. The van der Waals surface area contributed by atoms with Gasteiger partial charge in [-0.15, -0.1) is 0 Å². The summed E-state index contributed by atoms with van der Waals surface area (Å²) in [6, 6.07) is 0.663. The van der Waals surface area contributed by atoms with Gasteiger partial charge in [0.2, 0.25) is 0 Å². The van der Waals surface area contributed by atoms with Crippen molar-refractivity contribution in [2.75, 3.05) is 0 Å². The summed E-state index contributed by atoms with van der Waals surface area (Å²) >= 11 is 3.65. The molecular formula is C15H26BrN3. The number of halogens is 1. The van der Waals surface area contributed by atoms with Gasteiger partial charge in [0.15, 0.2) is 0 Å². The van der Waals surface area contributed by atoms with Crippen LogP contribution in [0.5, 0.6) is 0 Å². The van der Waals surface area contributed by atoms with E-state index in [1.165, 1.54) is 31.4 Å². The highest BCUT2D eigenvalue weighted by Gasteiger charge is 2.27. The molecule has 1 N–H and O–H groups in total. The van der Waals surface area contributed by atoms with Gasteiger partial charge in [-0.1, -0.05) is 26.7 Å². The van der Waals surface area contributed by atoms with E-state index in [2.05, 4.69) is 40.2 Å². The average Bonchev–Trinajstić information content (AvgIpc) is 2.61. The van der Waals surface area contributed by atoms with Gasteiger partial charge in [-0.3, -0.25) is 4.68 Å². The summed E-state index contributed by atoms with van der Waals surface area (Å²) in [5, 5.41) is 8.23. The number of hydrogen-bond donors (Lipinski definition) is 1. The molecule has 4 heteroatoms. The smallest absolute Gasteiger partial charge is 0.0739 e. The standard InChI is InChI=1S/C15H26BrN3/c1-10(2)12-7-5-6-8-13(12)17-9-14-15(16)11(3)18-19(14)4/h10,12-13,17H,5-9H2,1-4H3. The third kappa shape index (κ3) is 3.40. The zero-order valence-electron chi connectivity index (χ0n) is 12.5. The van der Waals surface area contributed by atoms with Crippen molar-refractivity contribution in [3.05, 3.63) is 15.9 Å². The van der Waals surface area contributed by atoms with E-state index >= 15 is 0 Å². The SMILES string of the molecule is Cc1nn(C)c(CNC2CCCCC2C(C)C)c1Br. The Labute approximate surface area is 125 Å². The van der Waals surface area contributed by atoms with E-state index in [1.807, 2.05) is 18.7 Å². The molecular weight excluding hydrogens is 302 g/mol. The minimum absolute atomic E-state index is 0.663. The fraction of sp³-hybridized carbons (Fsp3) is 0.800. The molecule has 0 aliphatic heterocycles. The summed E-state index contributed by atoms with van der Waals surface area (Å²) in [7, 11) is 2.02. The maximum atomic E-state index is 4.46. The maximum Gasteiger partial charge on any atom is 0.0739 e. The van der Waals surface area contributed by atoms with Gasteiger partial charge in [-0.05, 0) is 47.5 Å². The zero-order chi connectivity index (χ0) is 14.0. The van der Waals surface area contributed by atoms with Gasteiger partial charge in [0, 0.05) is 19.6 Å². The van der Waals surface area contributed by atoms with Crippen LogP contribution in [0.15, 0.2) is 4.47 Å². The Bertz CT molecular complexity index is 425. The molecule has 2 unspecified atom stereocenters. The van der Waals surface area contributed by atoms with E-state index in [1.54, 1.807) is 0 Å². The molecule has 2 atom stereocenters. The molecule has 0 aromatic carbocycles. The highest BCUT2D eigenvalue weighted by Crippen LogP contribution is 2.30. The molecule has 1 aromatic heterocycles. The molecule has 19 heavy (non-hydrogen) atoms. The Hall–Kier alpha value is -0.350. The molecule has 1 aliphatic rings. The second-order valence-corrected chi connectivity index (χ2v) is 6.94. The molecule has 0 radical (unpaired) electrons. The molecule has 2 rings (SSSR count). The number of rotatable bonds is 4. The summed E-state index contributed by atoms with van der Waals surface area (Å²) in [5.74, 6) is 1.59. The lowest BCUT2D eigenvalue weighted by molar-refractivity contribution is 0.203. The van der Waals surface area contributed by atoms with Gasteiger partial charge >= 0.3 is 0 Å². The molecule has 0 saturated heterocycles. The Morgan fingerprint density at radius 1 is 1.37 bits per heavy atom. The zero-order valence-corrected chi connectivity index (χ0v) is 14.1. The number of nitrogens with zero attached hydrogens (tertiary/aromatic N) is 2. The normalized spacial score (nSPS) is 24.1. The van der Waals surface area contributed by atoms with E-state index in [9.17, 15) is 0 Å². The number of aromatic nitrogens is 2. The monoisotopic (exact) mass is 327 g/mol. The first-order chi connectivity index (χ1) is 9.00. The van der Waals surface area contributed by atoms with Crippen molar-refractivity contribution in [3.63, 3.8) is 0 Å². The molecule has 0 bridgehead atoms. The Kier molecular flexibility index (Phi) is 5.07. The summed E-state index contributed by atoms with van der Waals surface area (Å²) in [6.45, 7) is 7.67. The molecule has 1 aliphatic carbocycles. The van der Waals surface area contributed by atoms with E-state index in [0.29, 0.717) is 6.04 Å².